The van der Waals surface area contributed by atoms with Crippen molar-refractivity contribution in [1.29, 1.82) is 0 Å². The molecule has 0 amide bonds. The molecule has 10 aromatic rings. The highest BCUT2D eigenvalue weighted by Gasteiger charge is 2.18. The second-order valence-corrected chi connectivity index (χ2v) is 14.4. The summed E-state index contributed by atoms with van der Waals surface area (Å²) in [6, 6.07) is 74.4. The Kier molecular flexibility index (Phi) is 7.71. The van der Waals surface area contributed by atoms with E-state index in [1.807, 2.05) is 11.3 Å². The van der Waals surface area contributed by atoms with Gasteiger partial charge in [0, 0.05) is 38.2 Å². The molecule has 3 heteroatoms. The van der Waals surface area contributed by atoms with E-state index in [0.717, 1.165) is 22.7 Å². The summed E-state index contributed by atoms with van der Waals surface area (Å²) in [4.78, 5) is 2.36. The van der Waals surface area contributed by atoms with Crippen LogP contribution in [-0.4, -0.2) is 4.57 Å². The van der Waals surface area contributed by atoms with E-state index in [0.29, 0.717) is 0 Å². The number of para-hydroxylation sites is 1. The van der Waals surface area contributed by atoms with E-state index >= 15 is 0 Å². The molecule has 0 saturated carbocycles. The Hall–Kier alpha value is -6.68. The van der Waals surface area contributed by atoms with Crippen molar-refractivity contribution in [3.8, 4) is 39.1 Å². The largest absolute Gasteiger partial charge is 0.310 e. The number of aromatic nitrogens is 1. The molecule has 2 heterocycles. The van der Waals surface area contributed by atoms with Gasteiger partial charge in [-0.25, -0.2) is 0 Å². The Morgan fingerprint density at radius 1 is 0.358 bits per heavy atom. The zero-order chi connectivity index (χ0) is 35.1. The molecule has 2 nitrogen and oxygen atoms in total. The second-order valence-electron chi connectivity index (χ2n) is 13.4. The van der Waals surface area contributed by atoms with Gasteiger partial charge in [0.15, 0.2) is 0 Å². The molecule has 0 saturated heterocycles. The maximum absolute atomic E-state index is 2.43. The minimum atomic E-state index is 1.10. The molecular weight excluding hydrogens is 661 g/mol. The van der Waals surface area contributed by atoms with E-state index in [2.05, 4.69) is 216 Å². The molecule has 0 aliphatic carbocycles. The first-order valence-corrected chi connectivity index (χ1v) is 18.8. The first kappa shape index (κ1) is 31.1. The maximum Gasteiger partial charge on any atom is 0.0727 e. The summed E-state index contributed by atoms with van der Waals surface area (Å²) in [7, 11) is 0. The van der Waals surface area contributed by atoms with Gasteiger partial charge in [-0.2, -0.15) is 0 Å². The SMILES string of the molecule is c1ccc(-c2ccc(N(c3cccc(-c4ccccc4)c3)c3cccc(-c4ccc(-n5c6ccccc6c6sc7ccccc7c65)cc4)c3)cc2)cc1. The topological polar surface area (TPSA) is 8.17 Å². The zero-order valence-corrected chi connectivity index (χ0v) is 29.7. The molecule has 0 spiro atoms. The van der Waals surface area contributed by atoms with Crippen LogP contribution in [0.25, 0.3) is 70.3 Å². The van der Waals surface area contributed by atoms with Gasteiger partial charge >= 0.3 is 0 Å². The summed E-state index contributed by atoms with van der Waals surface area (Å²) in [5, 5.41) is 2.60. The van der Waals surface area contributed by atoms with Crippen molar-refractivity contribution in [3.63, 3.8) is 0 Å². The average Bonchev–Trinajstić information content (AvgIpc) is 3.77. The quantitative estimate of drug-likeness (QED) is 0.161. The van der Waals surface area contributed by atoms with Gasteiger partial charge in [-0.3, -0.25) is 0 Å². The monoisotopic (exact) mass is 694 g/mol. The smallest absolute Gasteiger partial charge is 0.0727 e. The first-order valence-electron chi connectivity index (χ1n) is 18.0. The van der Waals surface area contributed by atoms with Crippen LogP contribution in [0.3, 0.4) is 0 Å². The summed E-state index contributed by atoms with van der Waals surface area (Å²) in [5.74, 6) is 0. The lowest BCUT2D eigenvalue weighted by Crippen LogP contribution is -2.10. The Balaban J connectivity index is 1.06. The van der Waals surface area contributed by atoms with Gasteiger partial charge in [0.1, 0.15) is 0 Å². The van der Waals surface area contributed by atoms with Gasteiger partial charge in [-0.15, -0.1) is 11.3 Å². The normalized spacial score (nSPS) is 11.4. The van der Waals surface area contributed by atoms with Crippen molar-refractivity contribution in [2.45, 2.75) is 0 Å². The molecule has 0 unspecified atom stereocenters. The highest BCUT2D eigenvalue weighted by Crippen LogP contribution is 2.43. The van der Waals surface area contributed by atoms with Crippen LogP contribution in [0.1, 0.15) is 0 Å². The molecule has 0 bridgehead atoms. The lowest BCUT2D eigenvalue weighted by atomic mass is 10.0. The van der Waals surface area contributed by atoms with Crippen molar-refractivity contribution in [1.82, 2.24) is 4.57 Å². The van der Waals surface area contributed by atoms with E-state index in [1.165, 1.54) is 64.6 Å². The third kappa shape index (κ3) is 5.59. The van der Waals surface area contributed by atoms with Gasteiger partial charge in [-0.1, -0.05) is 146 Å². The number of hydrogen-bond acceptors (Lipinski definition) is 2. The lowest BCUT2D eigenvalue weighted by Gasteiger charge is -2.27. The van der Waals surface area contributed by atoms with Crippen LogP contribution in [0, 0.1) is 0 Å². The molecule has 250 valence electrons. The van der Waals surface area contributed by atoms with Crippen LogP contribution in [0.4, 0.5) is 17.1 Å². The minimum absolute atomic E-state index is 1.10. The first-order chi connectivity index (χ1) is 26.3. The molecule has 10 rings (SSSR count). The minimum Gasteiger partial charge on any atom is -0.310 e. The molecule has 53 heavy (non-hydrogen) atoms. The summed E-state index contributed by atoms with van der Waals surface area (Å²) in [6.45, 7) is 0. The number of fused-ring (bicyclic) bond motifs is 5. The van der Waals surface area contributed by atoms with Gasteiger partial charge in [-0.05, 0) is 94.0 Å². The Labute approximate surface area is 313 Å². The third-order valence-electron chi connectivity index (χ3n) is 10.2. The van der Waals surface area contributed by atoms with E-state index in [4.69, 9.17) is 0 Å². The van der Waals surface area contributed by atoms with Crippen LogP contribution in [0.5, 0.6) is 0 Å². The van der Waals surface area contributed by atoms with Crippen LogP contribution in [0.2, 0.25) is 0 Å². The molecule has 2 aromatic heterocycles. The fourth-order valence-electron chi connectivity index (χ4n) is 7.65. The Morgan fingerprint density at radius 2 is 0.849 bits per heavy atom. The van der Waals surface area contributed by atoms with E-state index in [9.17, 15) is 0 Å². The molecule has 0 N–H and O–H groups in total. The summed E-state index contributed by atoms with van der Waals surface area (Å²) >= 11 is 1.88. The lowest BCUT2D eigenvalue weighted by molar-refractivity contribution is 1.19. The number of thiophene rings is 1. The van der Waals surface area contributed by atoms with Crippen molar-refractivity contribution < 1.29 is 0 Å². The van der Waals surface area contributed by atoms with Gasteiger partial charge in [0.2, 0.25) is 0 Å². The summed E-state index contributed by atoms with van der Waals surface area (Å²) in [5.41, 5.74) is 14.1. The molecule has 8 aromatic carbocycles. The van der Waals surface area contributed by atoms with Gasteiger partial charge in [0.25, 0.3) is 0 Å². The number of rotatable bonds is 7. The predicted molar refractivity (Wildman–Crippen MR) is 227 cm³/mol. The highest BCUT2D eigenvalue weighted by molar-refractivity contribution is 7.26. The second kappa shape index (κ2) is 13.1. The molecule has 0 fully saturated rings. The predicted octanol–water partition coefficient (Wildman–Crippen LogP) is 14.5. The summed E-state index contributed by atoms with van der Waals surface area (Å²) < 4.78 is 5.09. The molecule has 0 aliphatic heterocycles. The molecule has 0 radical (unpaired) electrons. The average molecular weight is 695 g/mol. The Morgan fingerprint density at radius 3 is 1.51 bits per heavy atom. The van der Waals surface area contributed by atoms with Crippen LogP contribution >= 0.6 is 11.3 Å². The van der Waals surface area contributed by atoms with Crippen molar-refractivity contribution in [2.24, 2.45) is 0 Å². The number of anilines is 3. The van der Waals surface area contributed by atoms with Crippen molar-refractivity contribution in [3.05, 3.63) is 206 Å². The van der Waals surface area contributed by atoms with E-state index in [1.54, 1.807) is 0 Å². The summed E-state index contributed by atoms with van der Waals surface area (Å²) in [6.07, 6.45) is 0. The fourth-order valence-corrected chi connectivity index (χ4v) is 8.87. The van der Waals surface area contributed by atoms with E-state index < -0.39 is 0 Å². The maximum atomic E-state index is 2.43. The zero-order valence-electron chi connectivity index (χ0n) is 28.9. The fraction of sp³-hybridized carbons (Fsp3) is 0. The van der Waals surface area contributed by atoms with Crippen LogP contribution < -0.4 is 4.90 Å². The molecule has 0 atom stereocenters. The molecule has 0 aliphatic rings. The van der Waals surface area contributed by atoms with Crippen molar-refractivity contribution >= 4 is 59.6 Å². The van der Waals surface area contributed by atoms with Gasteiger partial charge < -0.3 is 9.47 Å². The van der Waals surface area contributed by atoms with Crippen LogP contribution in [0.15, 0.2) is 206 Å². The van der Waals surface area contributed by atoms with Crippen molar-refractivity contribution in [2.75, 3.05) is 4.90 Å². The number of nitrogens with zero attached hydrogens (tertiary/aromatic N) is 2. The number of hydrogen-bond donors (Lipinski definition) is 0. The number of benzene rings is 8. The van der Waals surface area contributed by atoms with Crippen LogP contribution in [-0.2, 0) is 0 Å². The van der Waals surface area contributed by atoms with E-state index in [-0.39, 0.29) is 0 Å². The standard InChI is InChI=1S/C50H34N2S/c1-3-13-35(14-4-1)37-25-29-41(30-26-37)51(43-19-11-17-39(33-43)36-15-5-2-6-16-36)44-20-12-18-40(34-44)38-27-31-42(32-28-38)52-47-23-9-7-21-45(47)50-49(52)46-22-8-10-24-48(46)53-50/h1-34H. The van der Waals surface area contributed by atoms with Gasteiger partial charge in [0.05, 0.1) is 15.7 Å². The Bertz CT molecular complexity index is 2860. The molecular formula is C50H34N2S. The third-order valence-corrected chi connectivity index (χ3v) is 11.4. The highest BCUT2D eigenvalue weighted by atomic mass is 32.1.